The Kier molecular flexibility index (Phi) is 5.37. The zero-order valence-corrected chi connectivity index (χ0v) is 15.3. The fourth-order valence-electron chi connectivity index (χ4n) is 2.34. The van der Waals surface area contributed by atoms with Crippen molar-refractivity contribution < 1.29 is 23.9 Å². The summed E-state index contributed by atoms with van der Waals surface area (Å²) in [6.07, 6.45) is 1.39. The fraction of sp³-hybridized carbons (Fsp3) is 0. The normalized spacial score (nSPS) is 10.3. The average molecular weight is 429 g/mol. The smallest absolute Gasteiger partial charge is 0.337 e. The van der Waals surface area contributed by atoms with Gasteiger partial charge in [-0.15, -0.1) is 0 Å². The number of carbonyl (C=O) groups excluding carboxylic acids is 2. The molecule has 3 N–H and O–H groups in total. The number of hydrogen-bond donors (Lipinski definition) is 3. The van der Waals surface area contributed by atoms with Crippen LogP contribution in [0.3, 0.4) is 0 Å². The van der Waals surface area contributed by atoms with E-state index in [4.69, 9.17) is 4.42 Å². The molecule has 7 nitrogen and oxygen atoms in total. The molecular formula is C19H13BrN2O5. The maximum atomic E-state index is 12.5. The summed E-state index contributed by atoms with van der Waals surface area (Å²) in [7, 11) is 0. The van der Waals surface area contributed by atoms with Crippen molar-refractivity contribution in [1.29, 1.82) is 0 Å². The monoisotopic (exact) mass is 428 g/mol. The van der Waals surface area contributed by atoms with Crippen molar-refractivity contribution in [2.45, 2.75) is 0 Å². The van der Waals surface area contributed by atoms with E-state index in [9.17, 15) is 19.5 Å². The molecule has 0 fully saturated rings. The maximum Gasteiger partial charge on any atom is 0.337 e. The van der Waals surface area contributed by atoms with Crippen LogP contribution in [0.1, 0.15) is 31.3 Å². The van der Waals surface area contributed by atoms with Crippen molar-refractivity contribution in [3.63, 3.8) is 0 Å². The molecule has 8 heteroatoms. The molecule has 0 aliphatic heterocycles. The number of hydrogen-bond acceptors (Lipinski definition) is 4. The number of amides is 2. The number of rotatable bonds is 5. The van der Waals surface area contributed by atoms with E-state index in [0.29, 0.717) is 10.2 Å². The highest BCUT2D eigenvalue weighted by molar-refractivity contribution is 9.10. The highest BCUT2D eigenvalue weighted by Crippen LogP contribution is 2.22. The third kappa shape index (κ3) is 4.42. The third-order valence-electron chi connectivity index (χ3n) is 3.59. The molecule has 3 aromatic rings. The molecule has 0 aliphatic rings. The Labute approximate surface area is 162 Å². The first-order chi connectivity index (χ1) is 12.9. The quantitative estimate of drug-likeness (QED) is 0.562. The van der Waals surface area contributed by atoms with Crippen LogP contribution in [-0.4, -0.2) is 22.9 Å². The standard InChI is InChI=1S/C19H13BrN2O5/c20-12-6-7-15(14(10-12)19(25)26)22-17(23)11-3-1-4-13(9-11)21-18(24)16-5-2-8-27-16/h1-10H,(H,21,24)(H,22,23)(H,25,26). The van der Waals surface area contributed by atoms with Gasteiger partial charge in [0, 0.05) is 15.7 Å². The Morgan fingerprint density at radius 1 is 0.926 bits per heavy atom. The Bertz CT molecular complexity index is 1010. The summed E-state index contributed by atoms with van der Waals surface area (Å²) < 4.78 is 5.60. The second kappa shape index (κ2) is 7.88. The topological polar surface area (TPSA) is 109 Å². The van der Waals surface area contributed by atoms with Crippen LogP contribution in [-0.2, 0) is 0 Å². The van der Waals surface area contributed by atoms with Crippen LogP contribution in [0.25, 0.3) is 0 Å². The average Bonchev–Trinajstić information content (AvgIpc) is 3.18. The molecule has 136 valence electrons. The number of furan rings is 1. The second-order valence-electron chi connectivity index (χ2n) is 5.46. The number of halogens is 1. The number of carboxylic acid groups (broad SMARTS) is 1. The molecule has 27 heavy (non-hydrogen) atoms. The predicted molar refractivity (Wildman–Crippen MR) is 102 cm³/mol. The number of aromatic carboxylic acids is 1. The van der Waals surface area contributed by atoms with E-state index in [-0.39, 0.29) is 22.6 Å². The number of carbonyl (C=O) groups is 3. The lowest BCUT2D eigenvalue weighted by Gasteiger charge is -2.10. The van der Waals surface area contributed by atoms with E-state index < -0.39 is 17.8 Å². The van der Waals surface area contributed by atoms with E-state index in [0.717, 1.165) is 0 Å². The zero-order chi connectivity index (χ0) is 19.4. The van der Waals surface area contributed by atoms with Crippen molar-refractivity contribution in [1.82, 2.24) is 0 Å². The molecule has 3 rings (SSSR count). The molecule has 0 unspecified atom stereocenters. The van der Waals surface area contributed by atoms with Gasteiger partial charge in [-0.3, -0.25) is 9.59 Å². The highest BCUT2D eigenvalue weighted by atomic mass is 79.9. The first-order valence-corrected chi connectivity index (χ1v) is 8.52. The lowest BCUT2D eigenvalue weighted by molar-refractivity contribution is 0.0697. The van der Waals surface area contributed by atoms with Gasteiger partial charge in [-0.1, -0.05) is 22.0 Å². The number of carboxylic acids is 1. The largest absolute Gasteiger partial charge is 0.478 e. The minimum atomic E-state index is -1.16. The van der Waals surface area contributed by atoms with Crippen LogP contribution in [0, 0.1) is 0 Å². The first-order valence-electron chi connectivity index (χ1n) is 7.73. The van der Waals surface area contributed by atoms with Crippen molar-refractivity contribution in [2.75, 3.05) is 10.6 Å². The Morgan fingerprint density at radius 3 is 2.44 bits per heavy atom. The lowest BCUT2D eigenvalue weighted by Crippen LogP contribution is -2.16. The summed E-state index contributed by atoms with van der Waals surface area (Å²) in [6, 6.07) is 13.9. The van der Waals surface area contributed by atoms with Gasteiger partial charge in [0.2, 0.25) is 0 Å². The second-order valence-corrected chi connectivity index (χ2v) is 6.38. The summed E-state index contributed by atoms with van der Waals surface area (Å²) in [5.74, 6) is -1.97. The minimum Gasteiger partial charge on any atom is -0.478 e. The zero-order valence-electron chi connectivity index (χ0n) is 13.7. The van der Waals surface area contributed by atoms with Crippen LogP contribution in [0.5, 0.6) is 0 Å². The summed E-state index contributed by atoms with van der Waals surface area (Å²) in [6.45, 7) is 0. The summed E-state index contributed by atoms with van der Waals surface area (Å²) in [5, 5.41) is 14.5. The van der Waals surface area contributed by atoms with Gasteiger partial charge in [0.05, 0.1) is 17.5 Å². The van der Waals surface area contributed by atoms with Crippen molar-refractivity contribution in [2.24, 2.45) is 0 Å². The maximum absolute atomic E-state index is 12.5. The van der Waals surface area contributed by atoms with Crippen molar-refractivity contribution >= 4 is 45.1 Å². The molecule has 1 heterocycles. The van der Waals surface area contributed by atoms with Crippen LogP contribution >= 0.6 is 15.9 Å². The van der Waals surface area contributed by atoms with Crippen molar-refractivity contribution in [3.05, 3.63) is 82.2 Å². The van der Waals surface area contributed by atoms with Gasteiger partial charge in [-0.25, -0.2) is 4.79 Å². The SMILES string of the molecule is O=C(Nc1ccc(Br)cc1C(=O)O)c1cccc(NC(=O)c2ccco2)c1. The van der Waals surface area contributed by atoms with E-state index in [1.165, 1.54) is 30.5 Å². The van der Waals surface area contributed by atoms with Gasteiger partial charge in [0.1, 0.15) is 0 Å². The van der Waals surface area contributed by atoms with Crippen LogP contribution in [0.2, 0.25) is 0 Å². The summed E-state index contributed by atoms with van der Waals surface area (Å²) >= 11 is 3.20. The Morgan fingerprint density at radius 2 is 1.74 bits per heavy atom. The number of nitrogens with one attached hydrogen (secondary N) is 2. The van der Waals surface area contributed by atoms with E-state index in [1.54, 1.807) is 30.3 Å². The first kappa shape index (κ1) is 18.4. The molecular weight excluding hydrogens is 416 g/mol. The molecule has 1 aromatic heterocycles. The molecule has 2 amide bonds. The lowest BCUT2D eigenvalue weighted by atomic mass is 10.1. The van der Waals surface area contributed by atoms with E-state index in [1.807, 2.05) is 0 Å². The predicted octanol–water partition coefficient (Wildman–Crippen LogP) is 4.24. The third-order valence-corrected chi connectivity index (χ3v) is 4.08. The minimum absolute atomic E-state index is 0.0417. The van der Waals surface area contributed by atoms with Gasteiger partial charge < -0.3 is 20.2 Å². The van der Waals surface area contributed by atoms with Crippen LogP contribution in [0.15, 0.2) is 69.8 Å². The molecule has 0 radical (unpaired) electrons. The molecule has 0 aliphatic carbocycles. The number of benzene rings is 2. The number of anilines is 2. The van der Waals surface area contributed by atoms with Gasteiger partial charge in [-0.05, 0) is 48.5 Å². The molecule has 0 atom stereocenters. The van der Waals surface area contributed by atoms with Crippen molar-refractivity contribution in [3.8, 4) is 0 Å². The summed E-state index contributed by atoms with van der Waals surface area (Å²) in [4.78, 5) is 35.9. The molecule has 0 saturated carbocycles. The summed E-state index contributed by atoms with van der Waals surface area (Å²) in [5.41, 5.74) is 0.783. The van der Waals surface area contributed by atoms with E-state index in [2.05, 4.69) is 26.6 Å². The molecule has 0 spiro atoms. The highest BCUT2D eigenvalue weighted by Gasteiger charge is 2.15. The van der Waals surface area contributed by atoms with Gasteiger partial charge in [0.25, 0.3) is 11.8 Å². The Hall–Kier alpha value is -3.39. The molecule has 0 bridgehead atoms. The van der Waals surface area contributed by atoms with Crippen LogP contribution < -0.4 is 10.6 Å². The van der Waals surface area contributed by atoms with E-state index >= 15 is 0 Å². The molecule has 2 aromatic carbocycles. The van der Waals surface area contributed by atoms with Gasteiger partial charge >= 0.3 is 5.97 Å². The van der Waals surface area contributed by atoms with Crippen LogP contribution in [0.4, 0.5) is 11.4 Å². The fourth-order valence-corrected chi connectivity index (χ4v) is 2.70. The van der Waals surface area contributed by atoms with Gasteiger partial charge in [-0.2, -0.15) is 0 Å². The van der Waals surface area contributed by atoms with Gasteiger partial charge in [0.15, 0.2) is 5.76 Å². The molecule has 0 saturated heterocycles. The Balaban J connectivity index is 1.78.